The maximum atomic E-state index is 6.25. The van der Waals surface area contributed by atoms with Crippen LogP contribution in [0.2, 0.25) is 5.02 Å². The third-order valence-corrected chi connectivity index (χ3v) is 3.89. The van der Waals surface area contributed by atoms with Gasteiger partial charge < -0.3 is 19.5 Å². The lowest BCUT2D eigenvalue weighted by molar-refractivity contribution is 0.0384. The fraction of sp³-hybridized carbons (Fsp3) is 0.625. The first-order valence-electron chi connectivity index (χ1n) is 7.74. The van der Waals surface area contributed by atoms with E-state index < -0.39 is 0 Å². The number of rotatable bonds is 8. The lowest BCUT2D eigenvalue weighted by Gasteiger charge is -2.26. The lowest BCUT2D eigenvalue weighted by Crippen LogP contribution is -2.40. The molecule has 1 aromatic carbocycles. The Morgan fingerprint density at radius 2 is 1.96 bits per heavy atom. The van der Waals surface area contributed by atoms with Gasteiger partial charge in [0, 0.05) is 32.7 Å². The van der Waals surface area contributed by atoms with Crippen molar-refractivity contribution in [2.75, 3.05) is 53.1 Å². The van der Waals surface area contributed by atoms with Gasteiger partial charge in [-0.25, -0.2) is 0 Å². The normalized spacial score (nSPS) is 14.5. The number of ether oxygens (including phenoxy) is 3. The highest BCUT2D eigenvalue weighted by Crippen LogP contribution is 2.36. The zero-order valence-electron chi connectivity index (χ0n) is 14.2. The van der Waals surface area contributed by atoms with Gasteiger partial charge in [0.25, 0.3) is 0 Å². The van der Waals surface area contributed by atoms with Gasteiger partial charge in [0.2, 0.25) is 0 Å². The van der Waals surface area contributed by atoms with E-state index in [-0.39, 0.29) is 24.8 Å². The Bertz CT molecular complexity index is 472. The number of nitrogens with zero attached hydrogens (tertiary/aromatic N) is 1. The van der Waals surface area contributed by atoms with E-state index in [0.29, 0.717) is 23.1 Å². The molecule has 0 spiro atoms. The average Bonchev–Trinajstić information content (AvgIpc) is 2.53. The van der Waals surface area contributed by atoms with Gasteiger partial charge in [0.1, 0.15) is 0 Å². The first kappa shape index (κ1) is 23.6. The molecule has 0 bridgehead atoms. The predicted octanol–water partition coefficient (Wildman–Crippen LogP) is 3.01. The van der Waals surface area contributed by atoms with E-state index in [4.69, 9.17) is 25.8 Å². The summed E-state index contributed by atoms with van der Waals surface area (Å²) in [5.74, 6) is 1.29. The van der Waals surface area contributed by atoms with Crippen molar-refractivity contribution < 1.29 is 14.2 Å². The van der Waals surface area contributed by atoms with Gasteiger partial charge in [-0.1, -0.05) is 11.6 Å². The SMILES string of the molecule is CCOc1cc(CNCCN2CCOCC2)cc(Cl)c1OC.Cl.Cl. The number of hydrogen-bond acceptors (Lipinski definition) is 5. The van der Waals surface area contributed by atoms with E-state index in [1.807, 2.05) is 19.1 Å². The van der Waals surface area contributed by atoms with Crippen molar-refractivity contribution in [2.45, 2.75) is 13.5 Å². The largest absolute Gasteiger partial charge is 0.491 e. The Balaban J connectivity index is 0.00000264. The van der Waals surface area contributed by atoms with E-state index in [2.05, 4.69) is 10.2 Å². The van der Waals surface area contributed by atoms with Crippen LogP contribution in [0.3, 0.4) is 0 Å². The summed E-state index contributed by atoms with van der Waals surface area (Å²) in [5.41, 5.74) is 1.09. The minimum atomic E-state index is 0. The highest BCUT2D eigenvalue weighted by atomic mass is 35.5. The molecule has 1 aliphatic heterocycles. The van der Waals surface area contributed by atoms with E-state index in [0.717, 1.165) is 51.5 Å². The summed E-state index contributed by atoms with van der Waals surface area (Å²) in [6.07, 6.45) is 0. The quantitative estimate of drug-likeness (QED) is 0.678. The maximum Gasteiger partial charge on any atom is 0.179 e. The van der Waals surface area contributed by atoms with Crippen molar-refractivity contribution in [1.29, 1.82) is 0 Å². The molecule has 0 amide bonds. The Labute approximate surface area is 161 Å². The predicted molar refractivity (Wildman–Crippen MR) is 103 cm³/mol. The molecule has 2 rings (SSSR count). The molecular formula is C16H27Cl3N2O3. The Morgan fingerprint density at radius 1 is 1.25 bits per heavy atom. The van der Waals surface area contributed by atoms with Crippen LogP contribution in [0.5, 0.6) is 11.5 Å². The third kappa shape index (κ3) is 7.21. The minimum absolute atomic E-state index is 0. The molecule has 1 fully saturated rings. The van der Waals surface area contributed by atoms with Gasteiger partial charge in [0.15, 0.2) is 11.5 Å². The van der Waals surface area contributed by atoms with Crippen LogP contribution >= 0.6 is 36.4 Å². The molecule has 5 nitrogen and oxygen atoms in total. The molecule has 0 saturated carbocycles. The van der Waals surface area contributed by atoms with Gasteiger partial charge in [0.05, 0.1) is 32.0 Å². The van der Waals surface area contributed by atoms with E-state index in [1.54, 1.807) is 7.11 Å². The molecule has 1 aliphatic rings. The zero-order chi connectivity index (χ0) is 15.8. The van der Waals surface area contributed by atoms with Crippen molar-refractivity contribution in [3.05, 3.63) is 22.7 Å². The Morgan fingerprint density at radius 3 is 2.58 bits per heavy atom. The van der Waals surface area contributed by atoms with Crippen molar-refractivity contribution in [3.63, 3.8) is 0 Å². The summed E-state index contributed by atoms with van der Waals surface area (Å²) in [4.78, 5) is 2.41. The van der Waals surface area contributed by atoms with Crippen LogP contribution in [0.4, 0.5) is 0 Å². The summed E-state index contributed by atoms with van der Waals surface area (Å²) in [5, 5.41) is 4.03. The highest BCUT2D eigenvalue weighted by molar-refractivity contribution is 6.32. The first-order valence-corrected chi connectivity index (χ1v) is 8.12. The molecular weight excluding hydrogens is 375 g/mol. The van der Waals surface area contributed by atoms with Crippen molar-refractivity contribution in [1.82, 2.24) is 10.2 Å². The molecule has 24 heavy (non-hydrogen) atoms. The summed E-state index contributed by atoms with van der Waals surface area (Å²) in [6.45, 7) is 8.97. The molecule has 1 aromatic rings. The van der Waals surface area contributed by atoms with Crippen molar-refractivity contribution in [3.8, 4) is 11.5 Å². The molecule has 140 valence electrons. The van der Waals surface area contributed by atoms with Crippen LogP contribution in [0.15, 0.2) is 12.1 Å². The summed E-state index contributed by atoms with van der Waals surface area (Å²) < 4.78 is 16.2. The van der Waals surface area contributed by atoms with Gasteiger partial charge in [-0.3, -0.25) is 4.90 Å². The van der Waals surface area contributed by atoms with Crippen LogP contribution < -0.4 is 14.8 Å². The smallest absolute Gasteiger partial charge is 0.179 e. The summed E-state index contributed by atoms with van der Waals surface area (Å²) >= 11 is 6.25. The Hall–Kier alpha value is -0.430. The third-order valence-electron chi connectivity index (χ3n) is 3.61. The standard InChI is InChI=1S/C16H25ClN2O3.2ClH/c1-3-22-15-11-13(10-14(17)16(15)20-2)12-18-4-5-19-6-8-21-9-7-19;;/h10-11,18H,3-9,12H2,1-2H3;2*1H. The van der Waals surface area contributed by atoms with Crippen LogP contribution in [-0.2, 0) is 11.3 Å². The first-order chi connectivity index (χ1) is 10.7. The summed E-state index contributed by atoms with van der Waals surface area (Å²) in [7, 11) is 1.60. The van der Waals surface area contributed by atoms with Gasteiger partial charge >= 0.3 is 0 Å². The number of benzene rings is 1. The molecule has 0 aliphatic carbocycles. The van der Waals surface area contributed by atoms with E-state index >= 15 is 0 Å². The molecule has 0 radical (unpaired) electrons. The monoisotopic (exact) mass is 400 g/mol. The fourth-order valence-electron chi connectivity index (χ4n) is 2.48. The van der Waals surface area contributed by atoms with E-state index in [9.17, 15) is 0 Å². The number of nitrogens with one attached hydrogen (secondary N) is 1. The lowest BCUT2D eigenvalue weighted by atomic mass is 10.2. The second-order valence-corrected chi connectivity index (χ2v) is 5.58. The van der Waals surface area contributed by atoms with Crippen molar-refractivity contribution >= 4 is 36.4 Å². The Kier molecular flexibility index (Phi) is 12.6. The van der Waals surface area contributed by atoms with Crippen LogP contribution in [0.25, 0.3) is 0 Å². The van der Waals surface area contributed by atoms with Crippen LogP contribution in [0.1, 0.15) is 12.5 Å². The van der Waals surface area contributed by atoms with Crippen LogP contribution in [-0.4, -0.2) is 58.0 Å². The second-order valence-electron chi connectivity index (χ2n) is 5.17. The van der Waals surface area contributed by atoms with Gasteiger partial charge in [-0.2, -0.15) is 0 Å². The topological polar surface area (TPSA) is 43.0 Å². The molecule has 0 unspecified atom stereocenters. The molecule has 8 heteroatoms. The molecule has 1 saturated heterocycles. The highest BCUT2D eigenvalue weighted by Gasteiger charge is 2.12. The molecule has 0 atom stereocenters. The maximum absolute atomic E-state index is 6.25. The summed E-state index contributed by atoms with van der Waals surface area (Å²) in [6, 6.07) is 3.90. The second kappa shape index (κ2) is 12.9. The number of morpholine rings is 1. The number of hydrogen-bond donors (Lipinski definition) is 1. The number of methoxy groups -OCH3 is 1. The van der Waals surface area contributed by atoms with Gasteiger partial charge in [-0.05, 0) is 24.6 Å². The number of halogens is 3. The van der Waals surface area contributed by atoms with E-state index in [1.165, 1.54) is 0 Å². The zero-order valence-corrected chi connectivity index (χ0v) is 16.6. The average molecular weight is 402 g/mol. The molecule has 1 heterocycles. The minimum Gasteiger partial charge on any atom is -0.491 e. The molecule has 1 N–H and O–H groups in total. The molecule has 0 aromatic heterocycles. The fourth-order valence-corrected chi connectivity index (χ4v) is 2.79. The van der Waals surface area contributed by atoms with Crippen LogP contribution in [0, 0.1) is 0 Å². The van der Waals surface area contributed by atoms with Crippen molar-refractivity contribution in [2.24, 2.45) is 0 Å². The van der Waals surface area contributed by atoms with Gasteiger partial charge in [-0.15, -0.1) is 24.8 Å².